The van der Waals surface area contributed by atoms with E-state index < -0.39 is 6.16 Å². The molecule has 0 radical (unpaired) electrons. The predicted octanol–water partition coefficient (Wildman–Crippen LogP) is 13.3. The van der Waals surface area contributed by atoms with Crippen LogP contribution in [-0.4, -0.2) is 68.6 Å². The fourth-order valence-corrected chi connectivity index (χ4v) is 6.60. The Morgan fingerprint density at radius 1 is 0.509 bits per heavy atom. The molecule has 55 heavy (non-hydrogen) atoms. The zero-order valence-electron chi connectivity index (χ0n) is 36.6. The van der Waals surface area contributed by atoms with Gasteiger partial charge in [0.25, 0.3) is 0 Å². The van der Waals surface area contributed by atoms with Gasteiger partial charge in [-0.3, -0.25) is 9.59 Å². The number of unbranched alkanes of at least 4 members (excludes halogenated alkanes) is 15. The highest BCUT2D eigenvalue weighted by atomic mass is 16.7. The maximum Gasteiger partial charge on any atom is 0.508 e. The minimum absolute atomic E-state index is 0.0133. The quantitative estimate of drug-likeness (QED) is 0.0263. The summed E-state index contributed by atoms with van der Waals surface area (Å²) in [7, 11) is 0. The molecular formula is C47H87NO7. The van der Waals surface area contributed by atoms with Crippen molar-refractivity contribution in [3.05, 3.63) is 24.3 Å². The van der Waals surface area contributed by atoms with Gasteiger partial charge in [-0.2, -0.15) is 0 Å². The Hall–Kier alpha value is -2.35. The van der Waals surface area contributed by atoms with E-state index in [4.69, 9.17) is 18.9 Å². The lowest BCUT2D eigenvalue weighted by molar-refractivity contribution is -0.150. The molecule has 1 atom stereocenters. The van der Waals surface area contributed by atoms with E-state index >= 15 is 0 Å². The van der Waals surface area contributed by atoms with Crippen molar-refractivity contribution < 1.29 is 33.3 Å². The normalized spacial score (nSPS) is 12.3. The first-order valence-corrected chi connectivity index (χ1v) is 23.1. The second-order valence-corrected chi connectivity index (χ2v) is 15.4. The van der Waals surface area contributed by atoms with E-state index in [-0.39, 0.29) is 37.2 Å². The summed E-state index contributed by atoms with van der Waals surface area (Å²) in [5.41, 5.74) is 0. The van der Waals surface area contributed by atoms with Crippen molar-refractivity contribution in [2.45, 2.75) is 214 Å². The van der Waals surface area contributed by atoms with Crippen molar-refractivity contribution in [3.63, 3.8) is 0 Å². The Kier molecular flexibility index (Phi) is 39.5. The third-order valence-corrected chi connectivity index (χ3v) is 10.3. The van der Waals surface area contributed by atoms with Gasteiger partial charge in [-0.1, -0.05) is 136 Å². The molecule has 0 amide bonds. The van der Waals surface area contributed by atoms with Crippen LogP contribution in [0.25, 0.3) is 0 Å². The molecule has 322 valence electrons. The highest BCUT2D eigenvalue weighted by Gasteiger charge is 2.18. The highest BCUT2D eigenvalue weighted by Crippen LogP contribution is 2.18. The predicted molar refractivity (Wildman–Crippen MR) is 229 cm³/mol. The number of ether oxygens (including phenoxy) is 4. The zero-order chi connectivity index (χ0) is 40.5. The molecule has 0 rings (SSSR count). The molecule has 0 bridgehead atoms. The van der Waals surface area contributed by atoms with Crippen LogP contribution in [0.1, 0.15) is 208 Å². The lowest BCUT2D eigenvalue weighted by Crippen LogP contribution is -2.25. The molecule has 0 heterocycles. The van der Waals surface area contributed by atoms with Gasteiger partial charge in [0.15, 0.2) is 0 Å². The summed E-state index contributed by atoms with van der Waals surface area (Å²) < 4.78 is 22.4. The lowest BCUT2D eigenvalue weighted by atomic mass is 10.0. The number of hydrogen-bond acceptors (Lipinski definition) is 8. The third-order valence-electron chi connectivity index (χ3n) is 10.3. The van der Waals surface area contributed by atoms with Crippen LogP contribution in [0.2, 0.25) is 0 Å². The second-order valence-electron chi connectivity index (χ2n) is 15.4. The summed E-state index contributed by atoms with van der Waals surface area (Å²) in [6.45, 7) is 14.3. The monoisotopic (exact) mass is 778 g/mol. The maximum absolute atomic E-state index is 12.8. The van der Waals surface area contributed by atoms with Crippen LogP contribution in [-0.2, 0) is 28.5 Å². The first-order chi connectivity index (χ1) is 26.9. The molecule has 0 fully saturated rings. The Bertz CT molecular complexity index is 920. The van der Waals surface area contributed by atoms with Gasteiger partial charge in [-0.15, -0.1) is 0 Å². The van der Waals surface area contributed by atoms with Crippen molar-refractivity contribution in [1.29, 1.82) is 0 Å². The van der Waals surface area contributed by atoms with Crippen molar-refractivity contribution in [3.8, 4) is 0 Å². The number of carbonyl (C=O) groups excluding carboxylic acids is 3. The van der Waals surface area contributed by atoms with Gasteiger partial charge in [0.2, 0.25) is 0 Å². The smallest absolute Gasteiger partial charge is 0.465 e. The first kappa shape index (κ1) is 52.6. The van der Waals surface area contributed by atoms with Crippen molar-refractivity contribution >= 4 is 18.1 Å². The van der Waals surface area contributed by atoms with Crippen molar-refractivity contribution in [2.24, 2.45) is 5.92 Å². The highest BCUT2D eigenvalue weighted by molar-refractivity contribution is 5.69. The fraction of sp³-hybridized carbons (Fsp3) is 0.851. The number of rotatable bonds is 40. The van der Waals surface area contributed by atoms with Gasteiger partial charge in [0.05, 0.1) is 13.2 Å². The van der Waals surface area contributed by atoms with Crippen LogP contribution in [0.3, 0.4) is 0 Å². The molecule has 1 unspecified atom stereocenters. The van der Waals surface area contributed by atoms with Crippen molar-refractivity contribution in [1.82, 2.24) is 4.90 Å². The average molecular weight is 778 g/mol. The Morgan fingerprint density at radius 3 is 1.65 bits per heavy atom. The van der Waals surface area contributed by atoms with Crippen LogP contribution in [0, 0.1) is 5.92 Å². The number of allylic oxidation sites excluding steroid dienone is 4. The average Bonchev–Trinajstić information content (AvgIpc) is 3.18. The number of hydrogen-bond donors (Lipinski definition) is 0. The molecule has 8 nitrogen and oxygen atoms in total. The minimum atomic E-state index is -0.687. The molecule has 0 aromatic heterocycles. The molecule has 0 saturated heterocycles. The van der Waals surface area contributed by atoms with Crippen LogP contribution in [0.15, 0.2) is 24.3 Å². The SMILES string of the molecule is CCCCC/C=C\C/C=C\CCCCCCCC(=O)OCC(CCCCC(=O)OC(CCCCCC)CCCCCC)COC(=O)OCCCN(CC)CC. The van der Waals surface area contributed by atoms with E-state index in [2.05, 4.69) is 63.8 Å². The maximum atomic E-state index is 12.8. The van der Waals surface area contributed by atoms with Gasteiger partial charge in [0.1, 0.15) is 12.7 Å². The molecule has 0 saturated carbocycles. The molecular weight excluding hydrogens is 691 g/mol. The van der Waals surface area contributed by atoms with E-state index in [9.17, 15) is 14.4 Å². The molecule has 0 aliphatic rings. The van der Waals surface area contributed by atoms with Crippen LogP contribution >= 0.6 is 0 Å². The molecule has 0 N–H and O–H groups in total. The summed E-state index contributed by atoms with van der Waals surface area (Å²) in [5, 5.41) is 0. The standard InChI is InChI=1S/C47H87NO7/c1-6-11-14-17-18-19-20-21-22-23-24-25-26-27-30-37-45(49)53-41-43(42-54-47(51)52-40-33-39-48(9-4)10-5)34-31-32-38-46(50)55-44(35-28-15-12-7-2)36-29-16-13-8-3/h18-19,21-22,43-44H,6-17,20,23-42H2,1-5H3/b19-18-,22-21-. The second kappa shape index (κ2) is 41.3. The Labute approximate surface area is 339 Å². The Morgan fingerprint density at radius 2 is 1.02 bits per heavy atom. The first-order valence-electron chi connectivity index (χ1n) is 23.1. The largest absolute Gasteiger partial charge is 0.508 e. The number of nitrogens with zero attached hydrogens (tertiary/aromatic N) is 1. The number of carbonyl (C=O) groups is 3. The fourth-order valence-electron chi connectivity index (χ4n) is 6.60. The number of esters is 2. The van der Waals surface area contributed by atoms with Gasteiger partial charge < -0.3 is 23.8 Å². The minimum Gasteiger partial charge on any atom is -0.465 e. The molecule has 0 aromatic rings. The van der Waals surface area contributed by atoms with Crippen LogP contribution < -0.4 is 0 Å². The Balaban J connectivity index is 4.64. The summed E-state index contributed by atoms with van der Waals surface area (Å²) in [6, 6.07) is 0. The van der Waals surface area contributed by atoms with E-state index in [1.54, 1.807) is 0 Å². The zero-order valence-corrected chi connectivity index (χ0v) is 36.6. The molecule has 0 aliphatic carbocycles. The van der Waals surface area contributed by atoms with E-state index in [0.717, 1.165) is 90.3 Å². The summed E-state index contributed by atoms with van der Waals surface area (Å²) in [6.07, 6.45) is 35.9. The topological polar surface area (TPSA) is 91.4 Å². The molecule has 0 spiro atoms. The van der Waals surface area contributed by atoms with Gasteiger partial charge in [-0.25, -0.2) is 4.79 Å². The summed E-state index contributed by atoms with van der Waals surface area (Å²) in [5.74, 6) is -0.485. The van der Waals surface area contributed by atoms with Gasteiger partial charge in [0, 0.05) is 25.3 Å². The van der Waals surface area contributed by atoms with Crippen LogP contribution in [0.4, 0.5) is 4.79 Å². The molecule has 0 aromatic carbocycles. The van der Waals surface area contributed by atoms with E-state index in [1.165, 1.54) is 77.0 Å². The lowest BCUT2D eigenvalue weighted by Gasteiger charge is -2.19. The molecule has 8 heteroatoms. The van der Waals surface area contributed by atoms with Crippen molar-refractivity contribution in [2.75, 3.05) is 39.5 Å². The summed E-state index contributed by atoms with van der Waals surface area (Å²) in [4.78, 5) is 40.0. The van der Waals surface area contributed by atoms with Crippen LogP contribution in [0.5, 0.6) is 0 Å². The van der Waals surface area contributed by atoms with Gasteiger partial charge >= 0.3 is 18.1 Å². The third kappa shape index (κ3) is 37.0. The summed E-state index contributed by atoms with van der Waals surface area (Å²) >= 11 is 0. The van der Waals surface area contributed by atoms with Gasteiger partial charge in [-0.05, 0) is 96.6 Å². The van der Waals surface area contributed by atoms with E-state index in [1.807, 2.05) is 0 Å². The van der Waals surface area contributed by atoms with E-state index in [0.29, 0.717) is 32.3 Å². The molecule has 0 aliphatic heterocycles.